The summed E-state index contributed by atoms with van der Waals surface area (Å²) in [5.74, 6) is 1.22. The maximum absolute atomic E-state index is 6.32. The van der Waals surface area contributed by atoms with E-state index in [1.165, 1.54) is 37.0 Å². The number of rotatable bonds is 3. The zero-order chi connectivity index (χ0) is 12.4. The third-order valence-electron chi connectivity index (χ3n) is 3.28. The third kappa shape index (κ3) is 4.19. The molecule has 1 aliphatic rings. The quantitative estimate of drug-likeness (QED) is 0.608. The van der Waals surface area contributed by atoms with E-state index in [-0.39, 0.29) is 5.60 Å². The topological polar surface area (TPSA) is 9.23 Å². The van der Waals surface area contributed by atoms with Crippen molar-refractivity contribution in [1.82, 2.24) is 0 Å². The second-order valence-electron chi connectivity index (χ2n) is 6.92. The van der Waals surface area contributed by atoms with Gasteiger partial charge in [0.2, 0.25) is 0 Å². The van der Waals surface area contributed by atoms with E-state index in [2.05, 4.69) is 41.5 Å². The highest BCUT2D eigenvalue weighted by Gasteiger charge is 2.32. The Morgan fingerprint density at radius 3 is 2.00 bits per heavy atom. The van der Waals surface area contributed by atoms with Gasteiger partial charge in [-0.25, -0.2) is 0 Å². The molecule has 1 saturated carbocycles. The van der Waals surface area contributed by atoms with Gasteiger partial charge in [-0.15, -0.1) is 0 Å². The van der Waals surface area contributed by atoms with Crippen LogP contribution in [0.5, 0.6) is 0 Å². The van der Waals surface area contributed by atoms with Crippen LogP contribution < -0.4 is 0 Å². The van der Waals surface area contributed by atoms with Gasteiger partial charge in [0.1, 0.15) is 5.60 Å². The van der Waals surface area contributed by atoms with Gasteiger partial charge in [-0.1, -0.05) is 20.8 Å². The van der Waals surface area contributed by atoms with Gasteiger partial charge in [-0.2, -0.15) is 0 Å². The van der Waals surface area contributed by atoms with Crippen molar-refractivity contribution in [2.45, 2.75) is 79.2 Å². The van der Waals surface area contributed by atoms with Crippen LogP contribution in [0, 0.1) is 5.41 Å². The van der Waals surface area contributed by atoms with Crippen LogP contribution in [0.1, 0.15) is 73.6 Å². The summed E-state index contributed by atoms with van der Waals surface area (Å²) < 4.78 is 6.32. The highest BCUT2D eigenvalue weighted by molar-refractivity contribution is 5.06. The third-order valence-corrected chi connectivity index (χ3v) is 3.28. The van der Waals surface area contributed by atoms with Crippen molar-refractivity contribution in [2.75, 3.05) is 0 Å². The van der Waals surface area contributed by atoms with Gasteiger partial charge in [-0.3, -0.25) is 0 Å². The average molecular weight is 224 g/mol. The van der Waals surface area contributed by atoms with Gasteiger partial charge in [0, 0.05) is 6.42 Å². The number of hydrogen-bond acceptors (Lipinski definition) is 1. The molecule has 0 aromatic heterocycles. The van der Waals surface area contributed by atoms with Crippen LogP contribution in [0.3, 0.4) is 0 Å². The van der Waals surface area contributed by atoms with Crippen molar-refractivity contribution in [2.24, 2.45) is 5.41 Å². The van der Waals surface area contributed by atoms with E-state index in [0.29, 0.717) is 5.41 Å². The highest BCUT2D eigenvalue weighted by atomic mass is 16.5. The van der Waals surface area contributed by atoms with Gasteiger partial charge >= 0.3 is 0 Å². The molecule has 0 saturated heterocycles. The lowest BCUT2D eigenvalue weighted by Gasteiger charge is -2.31. The molecule has 94 valence electrons. The molecular weight excluding hydrogens is 196 g/mol. The summed E-state index contributed by atoms with van der Waals surface area (Å²) in [7, 11) is 0. The Morgan fingerprint density at radius 2 is 1.62 bits per heavy atom. The second-order valence-corrected chi connectivity index (χ2v) is 6.92. The highest BCUT2D eigenvalue weighted by Crippen LogP contribution is 2.37. The van der Waals surface area contributed by atoms with Crippen molar-refractivity contribution in [3.05, 3.63) is 11.3 Å². The van der Waals surface area contributed by atoms with Crippen LogP contribution >= 0.6 is 0 Å². The molecule has 0 N–H and O–H groups in total. The minimum atomic E-state index is 0.109. The molecule has 0 unspecified atom stereocenters. The first-order chi connectivity index (χ1) is 7.22. The van der Waals surface area contributed by atoms with Crippen LogP contribution in [-0.4, -0.2) is 5.60 Å². The predicted molar refractivity (Wildman–Crippen MR) is 70.4 cm³/mol. The minimum Gasteiger partial charge on any atom is -0.492 e. The van der Waals surface area contributed by atoms with Crippen molar-refractivity contribution in [3.63, 3.8) is 0 Å². The van der Waals surface area contributed by atoms with E-state index in [1.54, 1.807) is 0 Å². The molecule has 16 heavy (non-hydrogen) atoms. The Morgan fingerprint density at radius 1 is 1.12 bits per heavy atom. The zero-order valence-corrected chi connectivity index (χ0v) is 11.9. The van der Waals surface area contributed by atoms with Crippen LogP contribution in [0.2, 0.25) is 0 Å². The van der Waals surface area contributed by atoms with Crippen LogP contribution in [0.25, 0.3) is 0 Å². The maximum Gasteiger partial charge on any atom is 0.106 e. The standard InChI is InChI=1S/C15H28O/c1-12(2)13(11-14(3,4)5)16-15(6)9-7-8-10-15/h7-11H2,1-6H3. The Bertz CT molecular complexity index is 258. The zero-order valence-electron chi connectivity index (χ0n) is 11.9. The lowest BCUT2D eigenvalue weighted by atomic mass is 9.90. The largest absolute Gasteiger partial charge is 0.492 e. The Kier molecular flexibility index (Phi) is 4.09. The van der Waals surface area contributed by atoms with Crippen molar-refractivity contribution in [1.29, 1.82) is 0 Å². The molecule has 0 aliphatic heterocycles. The fourth-order valence-corrected chi connectivity index (χ4v) is 2.32. The fraction of sp³-hybridized carbons (Fsp3) is 0.867. The molecule has 1 aliphatic carbocycles. The lowest BCUT2D eigenvalue weighted by molar-refractivity contribution is 0.0113. The normalized spacial score (nSPS) is 19.6. The Hall–Kier alpha value is -0.460. The summed E-state index contributed by atoms with van der Waals surface area (Å²) >= 11 is 0. The van der Waals surface area contributed by atoms with E-state index in [4.69, 9.17) is 4.74 Å². The Balaban J connectivity index is 2.70. The van der Waals surface area contributed by atoms with E-state index < -0.39 is 0 Å². The molecule has 1 nitrogen and oxygen atoms in total. The smallest absolute Gasteiger partial charge is 0.106 e. The van der Waals surface area contributed by atoms with Crippen molar-refractivity contribution >= 4 is 0 Å². The van der Waals surface area contributed by atoms with E-state index in [9.17, 15) is 0 Å². The fourth-order valence-electron chi connectivity index (χ4n) is 2.32. The molecule has 0 radical (unpaired) electrons. The second kappa shape index (κ2) is 4.81. The first-order valence-corrected chi connectivity index (χ1v) is 6.57. The van der Waals surface area contributed by atoms with Gasteiger partial charge in [0.05, 0.1) is 5.76 Å². The van der Waals surface area contributed by atoms with Gasteiger partial charge in [-0.05, 0) is 57.4 Å². The minimum absolute atomic E-state index is 0.109. The number of ether oxygens (including phenoxy) is 1. The molecule has 0 heterocycles. The Labute approximate surface area is 101 Å². The summed E-state index contributed by atoms with van der Waals surface area (Å²) in [5, 5.41) is 0. The van der Waals surface area contributed by atoms with Crippen LogP contribution in [0.4, 0.5) is 0 Å². The molecule has 1 fully saturated rings. The number of allylic oxidation sites excluding steroid dienone is 2. The van der Waals surface area contributed by atoms with Crippen LogP contribution in [-0.2, 0) is 4.74 Å². The SMILES string of the molecule is CC(C)=C(CC(C)(C)C)OC1(C)CCCC1. The van der Waals surface area contributed by atoms with Crippen molar-refractivity contribution in [3.8, 4) is 0 Å². The monoisotopic (exact) mass is 224 g/mol. The molecule has 0 atom stereocenters. The first kappa shape index (κ1) is 13.6. The van der Waals surface area contributed by atoms with E-state index in [0.717, 1.165) is 6.42 Å². The number of hydrogen-bond donors (Lipinski definition) is 0. The lowest BCUT2D eigenvalue weighted by Crippen LogP contribution is -2.25. The molecule has 0 spiro atoms. The molecule has 0 aromatic carbocycles. The summed E-state index contributed by atoms with van der Waals surface area (Å²) in [6.07, 6.45) is 6.12. The van der Waals surface area contributed by atoms with Crippen molar-refractivity contribution < 1.29 is 4.74 Å². The summed E-state index contributed by atoms with van der Waals surface area (Å²) in [6, 6.07) is 0. The van der Waals surface area contributed by atoms with Gasteiger partial charge < -0.3 is 4.74 Å². The van der Waals surface area contributed by atoms with Crippen LogP contribution in [0.15, 0.2) is 11.3 Å². The molecule has 0 bridgehead atoms. The summed E-state index contributed by atoms with van der Waals surface area (Å²) in [4.78, 5) is 0. The van der Waals surface area contributed by atoms with E-state index >= 15 is 0 Å². The van der Waals surface area contributed by atoms with Gasteiger partial charge in [0.15, 0.2) is 0 Å². The van der Waals surface area contributed by atoms with E-state index in [1.807, 2.05) is 0 Å². The van der Waals surface area contributed by atoms with Gasteiger partial charge in [0.25, 0.3) is 0 Å². The first-order valence-electron chi connectivity index (χ1n) is 6.57. The molecule has 1 rings (SSSR count). The summed E-state index contributed by atoms with van der Waals surface area (Å²) in [6.45, 7) is 13.4. The maximum atomic E-state index is 6.32. The predicted octanol–water partition coefficient (Wildman–Crippen LogP) is 5.07. The summed E-state index contributed by atoms with van der Waals surface area (Å²) in [5.41, 5.74) is 1.75. The molecule has 0 aromatic rings. The average Bonchev–Trinajstić information content (AvgIpc) is 2.48. The molecule has 0 amide bonds. The molecule has 1 heteroatoms. The molecular formula is C15H28O.